The number of carbonyl (C=O) groups is 1. The quantitative estimate of drug-likeness (QED) is 0.376. The number of benzene rings is 2. The van der Waals surface area contributed by atoms with E-state index in [-0.39, 0.29) is 5.92 Å². The minimum Gasteiger partial charge on any atom is -0.493 e. The fraction of sp³-hybridized carbons (Fsp3) is 0.481. The zero-order valence-corrected chi connectivity index (χ0v) is 21.1. The van der Waals surface area contributed by atoms with Gasteiger partial charge in [0.25, 0.3) is 0 Å². The van der Waals surface area contributed by atoms with E-state index < -0.39 is 5.41 Å². The van der Waals surface area contributed by atoms with Crippen molar-refractivity contribution in [3.63, 3.8) is 0 Å². The number of nitriles is 1. The van der Waals surface area contributed by atoms with E-state index in [9.17, 15) is 10.1 Å². The highest BCUT2D eigenvalue weighted by Crippen LogP contribution is 2.40. The maximum Gasteiger partial charge on any atom is 0.209 e. The Morgan fingerprint density at radius 1 is 0.912 bits per heavy atom. The second-order valence-corrected chi connectivity index (χ2v) is 8.49. The zero-order chi connectivity index (χ0) is 25.1. The van der Waals surface area contributed by atoms with Crippen LogP contribution < -0.4 is 18.9 Å². The third-order valence-electron chi connectivity index (χ3n) is 6.38. The van der Waals surface area contributed by atoms with E-state index in [1.54, 1.807) is 33.3 Å². The molecule has 0 saturated carbocycles. The van der Waals surface area contributed by atoms with E-state index in [0.717, 1.165) is 17.5 Å². The van der Waals surface area contributed by atoms with Crippen molar-refractivity contribution in [1.82, 2.24) is 4.90 Å². The SMILES string of the molecule is COc1ccc(CCN(C=O)CCCC(C#N)(c2ccc(OC)c(OC)c2)C(C)C)cc1OC. The summed E-state index contributed by atoms with van der Waals surface area (Å²) in [5.41, 5.74) is 1.26. The summed E-state index contributed by atoms with van der Waals surface area (Å²) in [6.45, 7) is 5.25. The number of methoxy groups -OCH3 is 4. The fourth-order valence-corrected chi connectivity index (χ4v) is 4.22. The van der Waals surface area contributed by atoms with E-state index >= 15 is 0 Å². The average Bonchev–Trinajstić information content (AvgIpc) is 2.87. The molecule has 1 atom stereocenters. The van der Waals surface area contributed by atoms with Gasteiger partial charge in [-0.3, -0.25) is 4.79 Å². The Labute approximate surface area is 203 Å². The number of amides is 1. The van der Waals surface area contributed by atoms with Crippen LogP contribution in [0.15, 0.2) is 36.4 Å². The van der Waals surface area contributed by atoms with Crippen LogP contribution in [0.4, 0.5) is 0 Å². The van der Waals surface area contributed by atoms with Crippen LogP contribution >= 0.6 is 0 Å². The van der Waals surface area contributed by atoms with Gasteiger partial charge in [-0.15, -0.1) is 0 Å². The molecular formula is C27H36N2O5. The molecule has 0 aromatic heterocycles. The van der Waals surface area contributed by atoms with Gasteiger partial charge >= 0.3 is 0 Å². The van der Waals surface area contributed by atoms with Gasteiger partial charge in [0.1, 0.15) is 0 Å². The first kappa shape index (κ1) is 26.8. The summed E-state index contributed by atoms with van der Waals surface area (Å²) in [6.07, 6.45) is 2.89. The first-order valence-corrected chi connectivity index (χ1v) is 11.4. The van der Waals surface area contributed by atoms with E-state index in [1.165, 1.54) is 0 Å². The first-order valence-electron chi connectivity index (χ1n) is 11.4. The first-order chi connectivity index (χ1) is 16.4. The molecule has 0 saturated heterocycles. The Bertz CT molecular complexity index is 985. The highest BCUT2D eigenvalue weighted by atomic mass is 16.5. The van der Waals surface area contributed by atoms with Crippen molar-refractivity contribution in [3.8, 4) is 29.1 Å². The standard InChI is InChI=1S/C27H36N2O5/c1-20(2)27(18-28,22-9-11-24(32-4)26(17-22)34-6)13-7-14-29(19-30)15-12-21-8-10-23(31-3)25(16-21)33-5/h8-11,16-17,19-20H,7,12-15H2,1-6H3. The van der Waals surface area contributed by atoms with Gasteiger partial charge < -0.3 is 23.8 Å². The fourth-order valence-electron chi connectivity index (χ4n) is 4.22. The molecule has 0 fully saturated rings. The molecule has 0 spiro atoms. The molecule has 2 rings (SSSR count). The summed E-state index contributed by atoms with van der Waals surface area (Å²) in [5.74, 6) is 2.65. The largest absolute Gasteiger partial charge is 0.493 e. The average molecular weight is 469 g/mol. The molecule has 0 N–H and O–H groups in total. The van der Waals surface area contributed by atoms with Crippen molar-refractivity contribution < 1.29 is 23.7 Å². The summed E-state index contributed by atoms with van der Waals surface area (Å²) in [4.78, 5) is 13.5. The monoisotopic (exact) mass is 468 g/mol. The second kappa shape index (κ2) is 12.7. The summed E-state index contributed by atoms with van der Waals surface area (Å²) < 4.78 is 21.5. The normalized spacial score (nSPS) is 12.4. The van der Waals surface area contributed by atoms with Crippen LogP contribution in [0.3, 0.4) is 0 Å². The summed E-state index contributed by atoms with van der Waals surface area (Å²) in [5, 5.41) is 10.2. The predicted molar refractivity (Wildman–Crippen MR) is 132 cm³/mol. The highest BCUT2D eigenvalue weighted by Gasteiger charge is 2.36. The summed E-state index contributed by atoms with van der Waals surface area (Å²) in [6, 6.07) is 14.0. The minimum atomic E-state index is -0.697. The molecule has 1 amide bonds. The van der Waals surface area contributed by atoms with E-state index in [1.807, 2.05) is 36.4 Å². The number of hydrogen-bond donors (Lipinski definition) is 0. The molecule has 0 bridgehead atoms. The lowest BCUT2D eigenvalue weighted by atomic mass is 9.69. The second-order valence-electron chi connectivity index (χ2n) is 8.49. The van der Waals surface area contributed by atoms with Crippen LogP contribution in [-0.2, 0) is 16.6 Å². The lowest BCUT2D eigenvalue weighted by Gasteiger charge is -2.32. The van der Waals surface area contributed by atoms with Crippen molar-refractivity contribution in [1.29, 1.82) is 5.26 Å². The Kier molecular flexibility index (Phi) is 10.1. The molecule has 7 nitrogen and oxygen atoms in total. The smallest absolute Gasteiger partial charge is 0.209 e. The molecule has 34 heavy (non-hydrogen) atoms. The Hall–Kier alpha value is -3.40. The maximum absolute atomic E-state index is 11.7. The molecule has 2 aromatic carbocycles. The predicted octanol–water partition coefficient (Wildman–Crippen LogP) is 4.62. The van der Waals surface area contributed by atoms with Crippen molar-refractivity contribution in [2.45, 2.75) is 38.5 Å². The van der Waals surface area contributed by atoms with Gasteiger partial charge in [0.15, 0.2) is 23.0 Å². The topological polar surface area (TPSA) is 81.0 Å². The van der Waals surface area contributed by atoms with Gasteiger partial charge in [-0.05, 0) is 60.6 Å². The Balaban J connectivity index is 2.08. The van der Waals surface area contributed by atoms with Gasteiger partial charge in [-0.25, -0.2) is 0 Å². The van der Waals surface area contributed by atoms with E-state index in [0.29, 0.717) is 55.4 Å². The highest BCUT2D eigenvalue weighted by molar-refractivity contribution is 5.48. The molecule has 0 aliphatic heterocycles. The third-order valence-corrected chi connectivity index (χ3v) is 6.38. The zero-order valence-electron chi connectivity index (χ0n) is 21.1. The van der Waals surface area contributed by atoms with Crippen molar-refractivity contribution >= 4 is 6.41 Å². The summed E-state index contributed by atoms with van der Waals surface area (Å²) >= 11 is 0. The van der Waals surface area contributed by atoms with Gasteiger partial charge in [0.2, 0.25) is 6.41 Å². The van der Waals surface area contributed by atoms with Crippen LogP contribution in [0.1, 0.15) is 37.8 Å². The lowest BCUT2D eigenvalue weighted by molar-refractivity contribution is -0.118. The number of hydrogen-bond acceptors (Lipinski definition) is 6. The van der Waals surface area contributed by atoms with Crippen LogP contribution in [0, 0.1) is 17.2 Å². The van der Waals surface area contributed by atoms with Gasteiger partial charge in [0.05, 0.1) is 39.9 Å². The maximum atomic E-state index is 11.7. The van der Waals surface area contributed by atoms with Gasteiger partial charge in [-0.2, -0.15) is 5.26 Å². The number of rotatable bonds is 14. The van der Waals surface area contributed by atoms with Crippen LogP contribution in [0.5, 0.6) is 23.0 Å². The third kappa shape index (κ3) is 6.13. The van der Waals surface area contributed by atoms with Crippen LogP contribution in [-0.4, -0.2) is 52.8 Å². The molecular weight excluding hydrogens is 432 g/mol. The Morgan fingerprint density at radius 2 is 1.50 bits per heavy atom. The van der Waals surface area contributed by atoms with Crippen molar-refractivity contribution in [2.24, 2.45) is 5.92 Å². The molecule has 0 heterocycles. The number of nitrogens with zero attached hydrogens (tertiary/aromatic N) is 2. The molecule has 0 radical (unpaired) electrons. The summed E-state index contributed by atoms with van der Waals surface area (Å²) in [7, 11) is 6.39. The van der Waals surface area contributed by atoms with Crippen LogP contribution in [0.25, 0.3) is 0 Å². The Morgan fingerprint density at radius 3 is 2.03 bits per heavy atom. The molecule has 0 aliphatic rings. The van der Waals surface area contributed by atoms with Crippen LogP contribution in [0.2, 0.25) is 0 Å². The van der Waals surface area contributed by atoms with Crippen molar-refractivity contribution in [3.05, 3.63) is 47.5 Å². The molecule has 0 aliphatic carbocycles. The molecule has 184 valence electrons. The molecule has 7 heteroatoms. The molecule has 2 aromatic rings. The van der Waals surface area contributed by atoms with E-state index in [4.69, 9.17) is 18.9 Å². The molecule has 1 unspecified atom stereocenters. The van der Waals surface area contributed by atoms with Gasteiger partial charge in [0, 0.05) is 13.1 Å². The lowest BCUT2D eigenvalue weighted by Crippen LogP contribution is -2.33. The van der Waals surface area contributed by atoms with Gasteiger partial charge in [-0.1, -0.05) is 26.0 Å². The van der Waals surface area contributed by atoms with E-state index in [2.05, 4.69) is 19.9 Å². The number of carbonyl (C=O) groups excluding carboxylic acids is 1. The minimum absolute atomic E-state index is 0.0760. The van der Waals surface area contributed by atoms with Crippen molar-refractivity contribution in [2.75, 3.05) is 41.5 Å². The number of ether oxygens (including phenoxy) is 4.